The third-order valence-corrected chi connectivity index (χ3v) is 9.42. The fourth-order valence-corrected chi connectivity index (χ4v) is 7.28. The Hall–Kier alpha value is -2.42. The van der Waals surface area contributed by atoms with Crippen LogP contribution >= 0.6 is 22.9 Å². The number of hydrogen-bond acceptors (Lipinski definition) is 7. The van der Waals surface area contributed by atoms with Crippen LogP contribution in [0.3, 0.4) is 0 Å². The number of fused-ring (bicyclic) bond motifs is 1. The fourth-order valence-electron chi connectivity index (χ4n) is 3.78. The second-order valence-electron chi connectivity index (χ2n) is 7.43. The Labute approximate surface area is 195 Å². The van der Waals surface area contributed by atoms with Gasteiger partial charge in [0, 0.05) is 13.7 Å². The number of amides is 1. The monoisotopic (exact) mass is 523 g/mol. The van der Waals surface area contributed by atoms with Gasteiger partial charge < -0.3 is 15.4 Å². The molecule has 0 aromatic carbocycles. The van der Waals surface area contributed by atoms with E-state index in [0.29, 0.717) is 0 Å². The molecule has 2 aliphatic heterocycles. The van der Waals surface area contributed by atoms with E-state index < -0.39 is 38.6 Å². The highest BCUT2D eigenvalue weighted by Crippen LogP contribution is 2.45. The molecule has 1 unspecified atom stereocenters. The van der Waals surface area contributed by atoms with Gasteiger partial charge in [0.1, 0.15) is 22.3 Å². The summed E-state index contributed by atoms with van der Waals surface area (Å²) < 4.78 is 71.1. The van der Waals surface area contributed by atoms with E-state index in [2.05, 4.69) is 15.6 Å². The van der Waals surface area contributed by atoms with Gasteiger partial charge in [-0.15, -0.1) is 11.3 Å². The molecule has 0 saturated carbocycles. The van der Waals surface area contributed by atoms with Crippen molar-refractivity contribution < 1.29 is 31.1 Å². The van der Waals surface area contributed by atoms with E-state index >= 15 is 0 Å². The number of aromatic nitrogens is 1. The molecule has 2 aromatic heterocycles. The van der Waals surface area contributed by atoms with Crippen LogP contribution in [0.25, 0.3) is 0 Å². The number of pyridine rings is 1. The summed E-state index contributed by atoms with van der Waals surface area (Å²) >= 11 is 7.26. The number of ether oxygens (including phenoxy) is 1. The van der Waals surface area contributed by atoms with Crippen molar-refractivity contribution in [3.05, 3.63) is 44.7 Å². The summed E-state index contributed by atoms with van der Waals surface area (Å²) in [4.78, 5) is 16.4. The van der Waals surface area contributed by atoms with E-state index in [1.54, 1.807) is 0 Å². The van der Waals surface area contributed by atoms with Gasteiger partial charge >= 0.3 is 6.18 Å². The number of nitrogens with zero attached hydrogens (tertiary/aromatic N) is 2. The van der Waals surface area contributed by atoms with Crippen LogP contribution in [0.2, 0.25) is 5.02 Å². The van der Waals surface area contributed by atoms with Gasteiger partial charge in [-0.1, -0.05) is 17.7 Å². The van der Waals surface area contributed by atoms with Crippen molar-refractivity contribution in [1.29, 1.82) is 5.41 Å². The number of sulfonamides is 1. The van der Waals surface area contributed by atoms with Crippen LogP contribution in [-0.4, -0.2) is 55.1 Å². The highest BCUT2D eigenvalue weighted by atomic mass is 35.5. The molecule has 0 aliphatic carbocycles. The fraction of sp³-hybridized carbons (Fsp3) is 0.389. The van der Waals surface area contributed by atoms with Gasteiger partial charge in [-0.2, -0.15) is 13.2 Å². The van der Waals surface area contributed by atoms with Gasteiger partial charge in [-0.05, 0) is 24.6 Å². The Balaban J connectivity index is 1.68. The van der Waals surface area contributed by atoms with Gasteiger partial charge in [0.2, 0.25) is 16.0 Å². The molecule has 2 atom stereocenters. The maximum absolute atomic E-state index is 13.0. The Bertz CT molecular complexity index is 1240. The molecule has 2 aromatic rings. The molecular formula is C18H17ClF3N5O4S2. The number of alkyl halides is 3. The second-order valence-corrected chi connectivity index (χ2v) is 11.0. The number of guanidine groups is 1. The third kappa shape index (κ3) is 4.05. The van der Waals surface area contributed by atoms with Crippen molar-refractivity contribution in [2.45, 2.75) is 23.4 Å². The lowest BCUT2D eigenvalue weighted by Gasteiger charge is -2.49. The van der Waals surface area contributed by atoms with Crippen LogP contribution in [0.4, 0.5) is 19.0 Å². The Morgan fingerprint density at radius 3 is 2.88 bits per heavy atom. The molecule has 9 nitrogen and oxygen atoms in total. The normalized spacial score (nSPS) is 24.7. The SMILES string of the molecule is CN1C(=N)N[C@@]2(c3sc(C(=O)Nc4cccc(C(F)(F)F)n4)cc3Cl)COCCC2S1(=O)=O. The first-order valence-corrected chi connectivity index (χ1v) is 12.1. The Morgan fingerprint density at radius 2 is 2.18 bits per heavy atom. The topological polar surface area (TPSA) is 124 Å². The zero-order chi connectivity index (χ0) is 24.2. The number of thiophene rings is 1. The molecule has 0 radical (unpaired) electrons. The van der Waals surface area contributed by atoms with Crippen molar-refractivity contribution in [3.63, 3.8) is 0 Å². The van der Waals surface area contributed by atoms with Crippen LogP contribution in [0, 0.1) is 5.41 Å². The molecule has 33 heavy (non-hydrogen) atoms. The van der Waals surface area contributed by atoms with Crippen molar-refractivity contribution in [2.75, 3.05) is 25.6 Å². The van der Waals surface area contributed by atoms with Crippen LogP contribution < -0.4 is 10.6 Å². The summed E-state index contributed by atoms with van der Waals surface area (Å²) in [6, 6.07) is 4.39. The van der Waals surface area contributed by atoms with Crippen molar-refractivity contribution in [3.8, 4) is 0 Å². The molecule has 2 fully saturated rings. The Morgan fingerprint density at radius 1 is 1.45 bits per heavy atom. The highest BCUT2D eigenvalue weighted by Gasteiger charge is 2.57. The third-order valence-electron chi connectivity index (χ3n) is 5.40. The van der Waals surface area contributed by atoms with E-state index in [4.69, 9.17) is 21.7 Å². The lowest BCUT2D eigenvalue weighted by Crippen LogP contribution is -2.70. The average molecular weight is 524 g/mol. The lowest BCUT2D eigenvalue weighted by molar-refractivity contribution is -0.141. The van der Waals surface area contributed by atoms with E-state index in [-0.39, 0.29) is 46.2 Å². The maximum Gasteiger partial charge on any atom is 0.433 e. The number of anilines is 1. The van der Waals surface area contributed by atoms with Crippen molar-refractivity contribution in [2.24, 2.45) is 0 Å². The van der Waals surface area contributed by atoms with Crippen molar-refractivity contribution >= 4 is 50.6 Å². The Kier molecular flexibility index (Phi) is 5.83. The van der Waals surface area contributed by atoms with Crippen molar-refractivity contribution in [1.82, 2.24) is 14.6 Å². The van der Waals surface area contributed by atoms with Crippen LogP contribution in [0.5, 0.6) is 0 Å². The van der Waals surface area contributed by atoms with Crippen LogP contribution in [0.15, 0.2) is 24.3 Å². The number of rotatable bonds is 3. The number of nitrogens with one attached hydrogen (secondary N) is 3. The molecule has 0 bridgehead atoms. The minimum atomic E-state index is -4.68. The predicted molar refractivity (Wildman–Crippen MR) is 115 cm³/mol. The minimum Gasteiger partial charge on any atom is -0.379 e. The predicted octanol–water partition coefficient (Wildman–Crippen LogP) is 2.85. The van der Waals surface area contributed by atoms with Gasteiger partial charge in [0.15, 0.2) is 0 Å². The summed E-state index contributed by atoms with van der Waals surface area (Å²) in [6.07, 6.45) is -4.54. The van der Waals surface area contributed by atoms with Gasteiger partial charge in [-0.25, -0.2) is 17.7 Å². The standard InChI is InChI=1S/C18H17ClF3N5O4S2/c1-27-16(23)26-17(8-31-6-5-12(17)33(27,29)30)14-9(19)7-10(32-14)15(28)25-13-4-2-3-11(24-13)18(20,21)22/h2-4,7,12H,5-6,8H2,1H3,(H2,23,26)(H,24,25,28)/t12?,17-/m0/s1. The summed E-state index contributed by atoms with van der Waals surface area (Å²) in [5, 5.41) is 12.3. The summed E-state index contributed by atoms with van der Waals surface area (Å²) in [5.74, 6) is -1.45. The number of halogens is 4. The smallest absolute Gasteiger partial charge is 0.379 e. The highest BCUT2D eigenvalue weighted by molar-refractivity contribution is 7.90. The molecule has 15 heteroatoms. The maximum atomic E-state index is 13.0. The number of carbonyl (C=O) groups is 1. The largest absolute Gasteiger partial charge is 0.433 e. The first-order valence-electron chi connectivity index (χ1n) is 9.44. The average Bonchev–Trinajstić information content (AvgIpc) is 3.14. The quantitative estimate of drug-likeness (QED) is 0.568. The molecule has 4 rings (SSSR count). The zero-order valence-electron chi connectivity index (χ0n) is 16.9. The van der Waals surface area contributed by atoms with E-state index in [9.17, 15) is 26.4 Å². The molecule has 2 aliphatic rings. The molecule has 178 valence electrons. The zero-order valence-corrected chi connectivity index (χ0v) is 19.3. The van der Waals surface area contributed by atoms with Gasteiger partial charge in [0.05, 0.1) is 21.4 Å². The van der Waals surface area contributed by atoms with E-state index in [1.807, 2.05) is 0 Å². The summed E-state index contributed by atoms with van der Waals surface area (Å²) in [7, 11) is -2.65. The first kappa shape index (κ1) is 23.7. The van der Waals surface area contributed by atoms with Gasteiger partial charge in [-0.3, -0.25) is 10.2 Å². The molecule has 1 amide bonds. The number of carbonyl (C=O) groups excluding carboxylic acids is 1. The van der Waals surface area contributed by atoms with E-state index in [1.165, 1.54) is 19.2 Å². The number of hydrogen-bond donors (Lipinski definition) is 3. The molecule has 4 heterocycles. The minimum absolute atomic E-state index is 0.0255. The van der Waals surface area contributed by atoms with Crippen LogP contribution in [-0.2, 0) is 26.5 Å². The molecule has 2 saturated heterocycles. The van der Waals surface area contributed by atoms with Crippen LogP contribution in [0.1, 0.15) is 26.7 Å². The second kappa shape index (κ2) is 8.11. The molecule has 3 N–H and O–H groups in total. The first-order chi connectivity index (χ1) is 15.4. The summed E-state index contributed by atoms with van der Waals surface area (Å²) in [6.45, 7) is 0.0790. The van der Waals surface area contributed by atoms with Gasteiger partial charge in [0.25, 0.3) is 5.91 Å². The summed E-state index contributed by atoms with van der Waals surface area (Å²) in [5.41, 5.74) is -2.55. The molecule has 0 spiro atoms. The van der Waals surface area contributed by atoms with E-state index in [0.717, 1.165) is 27.8 Å². The lowest BCUT2D eigenvalue weighted by atomic mass is 9.89. The molecular weight excluding hydrogens is 507 g/mol.